The number of rotatable bonds is 9. The van der Waals surface area contributed by atoms with Crippen LogP contribution in [-0.2, 0) is 16.3 Å². The lowest BCUT2D eigenvalue weighted by molar-refractivity contribution is 0.0793. The molecule has 2 atom stereocenters. The highest BCUT2D eigenvalue weighted by Gasteiger charge is 2.30. The molecule has 0 aliphatic heterocycles. The van der Waals surface area contributed by atoms with Crippen molar-refractivity contribution in [1.29, 1.82) is 0 Å². The van der Waals surface area contributed by atoms with Crippen molar-refractivity contribution < 1.29 is 13.5 Å². The molecule has 1 unspecified atom stereocenters. The predicted molar refractivity (Wildman–Crippen MR) is 106 cm³/mol. The number of hydrogen-bond donors (Lipinski definition) is 3. The second-order valence-electron chi connectivity index (χ2n) is 7.00. The maximum absolute atomic E-state index is 12.6. The van der Waals surface area contributed by atoms with Gasteiger partial charge in [-0.2, -0.15) is 0 Å². The first kappa shape index (κ1) is 20.4. The monoisotopic (exact) mass is 376 g/mol. The van der Waals surface area contributed by atoms with Gasteiger partial charge in [-0.15, -0.1) is 0 Å². The van der Waals surface area contributed by atoms with Crippen molar-refractivity contribution in [2.45, 2.75) is 43.2 Å². The summed E-state index contributed by atoms with van der Waals surface area (Å²) in [5.74, 6) is -0.363. The lowest BCUT2D eigenvalue weighted by atomic mass is 10.0. The lowest BCUT2D eigenvalue weighted by Gasteiger charge is -2.27. The average Bonchev–Trinajstić information content (AvgIpc) is 2.58. The molecule has 6 heteroatoms. The van der Waals surface area contributed by atoms with Crippen LogP contribution >= 0.6 is 0 Å². The van der Waals surface area contributed by atoms with Gasteiger partial charge in [0.25, 0.3) is 0 Å². The van der Waals surface area contributed by atoms with Gasteiger partial charge in [-0.05, 0) is 43.5 Å². The fourth-order valence-corrected chi connectivity index (χ4v) is 4.56. The smallest absolute Gasteiger partial charge is 0.181 e. The summed E-state index contributed by atoms with van der Waals surface area (Å²) < 4.78 is 25.1. The zero-order valence-corrected chi connectivity index (χ0v) is 16.2. The average molecular weight is 377 g/mol. The number of nitrogens with one attached hydrogen (secondary N) is 1. The zero-order valence-electron chi connectivity index (χ0n) is 15.4. The van der Waals surface area contributed by atoms with Crippen LogP contribution in [0.5, 0.6) is 0 Å². The third-order valence-electron chi connectivity index (χ3n) is 4.31. The van der Waals surface area contributed by atoms with E-state index in [0.717, 1.165) is 12.8 Å². The molecule has 0 saturated carbocycles. The molecule has 0 spiro atoms. The normalized spacial score (nSPS) is 15.3. The topological polar surface area (TPSA) is 92.4 Å². The van der Waals surface area contributed by atoms with Crippen molar-refractivity contribution in [1.82, 2.24) is 5.32 Å². The van der Waals surface area contributed by atoms with E-state index in [2.05, 4.69) is 24.4 Å². The Balaban J connectivity index is 1.98. The maximum Gasteiger partial charge on any atom is 0.181 e. The Labute approximate surface area is 156 Å². The van der Waals surface area contributed by atoms with Crippen LogP contribution in [0.25, 0.3) is 0 Å². The van der Waals surface area contributed by atoms with Crippen molar-refractivity contribution in [2.75, 3.05) is 18.0 Å². The number of hydrogen-bond acceptors (Lipinski definition) is 5. The standard InChI is InChI=1S/C20H28N2O3S/c1-3-18(12-16-8-5-4-6-9-16)22-14-20(2,23)15-26(24,25)19-11-7-10-17(21)13-19/h4-11,13,18,22-23H,3,12,14-15,21H2,1-2H3/t18?,20-/m1/s1. The zero-order chi connectivity index (χ0) is 19.2. The summed E-state index contributed by atoms with van der Waals surface area (Å²) in [5.41, 5.74) is 5.88. The Morgan fingerprint density at radius 3 is 2.46 bits per heavy atom. The molecule has 0 heterocycles. The largest absolute Gasteiger partial charge is 0.399 e. The van der Waals surface area contributed by atoms with Crippen molar-refractivity contribution in [3.05, 3.63) is 60.2 Å². The van der Waals surface area contributed by atoms with Crippen LogP contribution in [0.15, 0.2) is 59.5 Å². The molecule has 0 fully saturated rings. The maximum atomic E-state index is 12.6. The first-order valence-corrected chi connectivity index (χ1v) is 10.4. The van der Waals surface area contributed by atoms with Crippen LogP contribution in [0.4, 0.5) is 5.69 Å². The molecule has 0 radical (unpaired) electrons. The summed E-state index contributed by atoms with van der Waals surface area (Å²) in [4.78, 5) is 0.133. The Morgan fingerprint density at radius 1 is 1.15 bits per heavy atom. The van der Waals surface area contributed by atoms with Crippen LogP contribution in [0, 0.1) is 0 Å². The molecule has 2 rings (SSSR count). The molecule has 0 aliphatic carbocycles. The van der Waals surface area contributed by atoms with E-state index in [0.29, 0.717) is 5.69 Å². The third-order valence-corrected chi connectivity index (χ3v) is 6.28. The number of nitrogen functional groups attached to an aromatic ring is 1. The molecule has 26 heavy (non-hydrogen) atoms. The summed E-state index contributed by atoms with van der Waals surface area (Å²) in [6, 6.07) is 16.4. The van der Waals surface area contributed by atoms with Gasteiger partial charge >= 0.3 is 0 Å². The summed E-state index contributed by atoms with van der Waals surface area (Å²) in [7, 11) is -3.62. The summed E-state index contributed by atoms with van der Waals surface area (Å²) >= 11 is 0. The predicted octanol–water partition coefficient (Wildman–Crippen LogP) is 2.40. The van der Waals surface area contributed by atoms with Gasteiger partial charge in [-0.1, -0.05) is 43.3 Å². The Hall–Kier alpha value is -1.89. The second-order valence-corrected chi connectivity index (χ2v) is 8.99. The number of sulfone groups is 1. The highest BCUT2D eigenvalue weighted by molar-refractivity contribution is 7.91. The SMILES string of the molecule is CCC(Cc1ccccc1)NC[C@@](C)(O)CS(=O)(=O)c1cccc(N)c1. The van der Waals surface area contributed by atoms with Gasteiger partial charge in [0.2, 0.25) is 0 Å². The summed E-state index contributed by atoms with van der Waals surface area (Å²) in [6.07, 6.45) is 1.71. The second kappa shape index (κ2) is 8.66. The lowest BCUT2D eigenvalue weighted by Crippen LogP contribution is -2.47. The summed E-state index contributed by atoms with van der Waals surface area (Å²) in [5, 5.41) is 13.9. The van der Waals surface area contributed by atoms with Gasteiger partial charge in [-0.25, -0.2) is 8.42 Å². The molecule has 4 N–H and O–H groups in total. The van der Waals surface area contributed by atoms with E-state index in [9.17, 15) is 13.5 Å². The van der Waals surface area contributed by atoms with Crippen molar-refractivity contribution in [3.8, 4) is 0 Å². The molecular formula is C20H28N2O3S. The first-order valence-electron chi connectivity index (χ1n) is 8.80. The van der Waals surface area contributed by atoms with Crippen LogP contribution in [0.1, 0.15) is 25.8 Å². The van der Waals surface area contributed by atoms with E-state index in [1.165, 1.54) is 17.7 Å². The number of benzene rings is 2. The Morgan fingerprint density at radius 2 is 1.85 bits per heavy atom. The highest BCUT2D eigenvalue weighted by atomic mass is 32.2. The molecule has 0 aliphatic rings. The van der Waals surface area contributed by atoms with Crippen LogP contribution in [0.2, 0.25) is 0 Å². The molecule has 5 nitrogen and oxygen atoms in total. The summed E-state index contributed by atoms with van der Waals surface area (Å²) in [6.45, 7) is 3.80. The van der Waals surface area contributed by atoms with E-state index in [-0.39, 0.29) is 23.2 Å². The molecule has 0 amide bonds. The van der Waals surface area contributed by atoms with Gasteiger partial charge in [-0.3, -0.25) is 0 Å². The molecule has 2 aromatic carbocycles. The van der Waals surface area contributed by atoms with E-state index in [1.54, 1.807) is 19.1 Å². The van der Waals surface area contributed by atoms with Gasteiger partial charge in [0.15, 0.2) is 9.84 Å². The van der Waals surface area contributed by atoms with Gasteiger partial charge in [0, 0.05) is 18.3 Å². The van der Waals surface area contributed by atoms with Crippen LogP contribution in [-0.4, -0.2) is 37.5 Å². The molecule has 0 aromatic heterocycles. The fraction of sp³-hybridized carbons (Fsp3) is 0.400. The van der Waals surface area contributed by atoms with Gasteiger partial charge in [0.05, 0.1) is 16.2 Å². The van der Waals surface area contributed by atoms with E-state index in [1.807, 2.05) is 18.2 Å². The van der Waals surface area contributed by atoms with E-state index in [4.69, 9.17) is 5.73 Å². The Bertz CT molecular complexity index is 805. The third kappa shape index (κ3) is 6.12. The van der Waals surface area contributed by atoms with E-state index < -0.39 is 15.4 Å². The molecule has 0 saturated heterocycles. The quantitative estimate of drug-likeness (QED) is 0.585. The molecular weight excluding hydrogens is 348 g/mol. The number of aliphatic hydroxyl groups is 1. The molecule has 2 aromatic rings. The van der Waals surface area contributed by atoms with Gasteiger partial charge in [0.1, 0.15) is 0 Å². The minimum Gasteiger partial charge on any atom is -0.399 e. The molecule has 0 bridgehead atoms. The van der Waals surface area contributed by atoms with Crippen molar-refractivity contribution in [3.63, 3.8) is 0 Å². The first-order chi connectivity index (χ1) is 12.2. The van der Waals surface area contributed by atoms with Crippen LogP contribution < -0.4 is 11.1 Å². The van der Waals surface area contributed by atoms with Crippen molar-refractivity contribution >= 4 is 15.5 Å². The highest BCUT2D eigenvalue weighted by Crippen LogP contribution is 2.19. The Kier molecular flexibility index (Phi) is 6.81. The van der Waals surface area contributed by atoms with E-state index >= 15 is 0 Å². The van der Waals surface area contributed by atoms with Crippen LogP contribution in [0.3, 0.4) is 0 Å². The fourth-order valence-electron chi connectivity index (χ4n) is 2.88. The molecule has 142 valence electrons. The minimum atomic E-state index is -3.62. The minimum absolute atomic E-state index is 0.133. The number of nitrogens with two attached hydrogens (primary N) is 1. The van der Waals surface area contributed by atoms with Crippen molar-refractivity contribution in [2.24, 2.45) is 0 Å². The van der Waals surface area contributed by atoms with Gasteiger partial charge < -0.3 is 16.2 Å². The number of anilines is 1.